The van der Waals surface area contributed by atoms with Crippen LogP contribution in [0.1, 0.15) is 58.8 Å². The predicted octanol–water partition coefficient (Wildman–Crippen LogP) is 4.44. The van der Waals surface area contributed by atoms with Gasteiger partial charge in [0.05, 0.1) is 18.2 Å². The van der Waals surface area contributed by atoms with E-state index < -0.39 is 0 Å². The second-order valence-electron chi connectivity index (χ2n) is 6.22. The minimum absolute atomic E-state index is 0.0178. The molecule has 0 aromatic rings. The largest absolute Gasteiger partial charge is 0.466 e. The van der Waals surface area contributed by atoms with Gasteiger partial charge in [-0.1, -0.05) is 18.6 Å². The van der Waals surface area contributed by atoms with Crippen molar-refractivity contribution in [3.05, 3.63) is 23.4 Å². The molecule has 2 unspecified atom stereocenters. The highest BCUT2D eigenvalue weighted by molar-refractivity contribution is 5.77. The maximum atomic E-state index is 11.9. The average molecular weight is 289 g/mol. The molecule has 0 radical (unpaired) electrons. The van der Waals surface area contributed by atoms with Crippen molar-refractivity contribution >= 4 is 12.7 Å². The summed E-state index contributed by atoms with van der Waals surface area (Å²) in [6, 6.07) is 0. The fraction of sp³-hybridized carbons (Fsp3) is 0.667. The minimum atomic E-state index is 0.0178. The van der Waals surface area contributed by atoms with Gasteiger partial charge in [-0.3, -0.25) is 9.79 Å². The Kier molecular flexibility index (Phi) is 5.38. The van der Waals surface area contributed by atoms with Gasteiger partial charge in [-0.15, -0.1) is 0 Å². The Hall–Kier alpha value is -1.38. The number of carbonyl (C=O) groups is 1. The van der Waals surface area contributed by atoms with Crippen LogP contribution in [-0.2, 0) is 9.53 Å². The Bertz CT molecular complexity index is 464. The van der Waals surface area contributed by atoms with Crippen LogP contribution in [0.3, 0.4) is 0 Å². The van der Waals surface area contributed by atoms with Gasteiger partial charge in [-0.25, -0.2) is 0 Å². The predicted molar refractivity (Wildman–Crippen MR) is 86.3 cm³/mol. The number of ether oxygens (including phenoxy) is 1. The van der Waals surface area contributed by atoms with E-state index in [9.17, 15) is 4.79 Å². The average Bonchev–Trinajstić information content (AvgIpc) is 3.22. The van der Waals surface area contributed by atoms with Gasteiger partial charge in [-0.2, -0.15) is 0 Å². The smallest absolute Gasteiger partial charge is 0.309 e. The van der Waals surface area contributed by atoms with E-state index in [1.54, 1.807) is 0 Å². The highest BCUT2D eigenvalue weighted by Gasteiger charge is 2.58. The van der Waals surface area contributed by atoms with Crippen LogP contribution in [0, 0.1) is 11.3 Å². The normalized spacial score (nSPS) is 31.0. The molecule has 1 spiro atoms. The van der Waals surface area contributed by atoms with Gasteiger partial charge in [0.15, 0.2) is 0 Å². The van der Waals surface area contributed by atoms with Crippen molar-refractivity contribution in [3.63, 3.8) is 0 Å². The molecule has 116 valence electrons. The number of hydrogen-bond donors (Lipinski definition) is 0. The van der Waals surface area contributed by atoms with Crippen LogP contribution in [0.4, 0.5) is 0 Å². The third-order valence-electron chi connectivity index (χ3n) is 4.83. The number of aliphatic imine (C=N–C) groups is 1. The number of carbonyl (C=O) groups excluding carboxylic acids is 1. The Balaban J connectivity index is 1.97. The van der Waals surface area contributed by atoms with Crippen molar-refractivity contribution < 1.29 is 9.53 Å². The molecular weight excluding hydrogens is 262 g/mol. The zero-order chi connectivity index (χ0) is 15.3. The molecule has 2 saturated carbocycles. The van der Waals surface area contributed by atoms with Crippen LogP contribution in [0.2, 0.25) is 0 Å². The summed E-state index contributed by atoms with van der Waals surface area (Å²) in [5.74, 6) is 0.171. The SMILES string of the molecule is C=NC(C=C1CCCC2(CC1)CC2C(=O)OCC)=CCC. The molecule has 0 amide bonds. The quantitative estimate of drug-likeness (QED) is 0.554. The third kappa shape index (κ3) is 3.84. The molecule has 2 rings (SSSR count). The van der Waals surface area contributed by atoms with E-state index in [4.69, 9.17) is 4.74 Å². The zero-order valence-corrected chi connectivity index (χ0v) is 13.4. The summed E-state index contributed by atoms with van der Waals surface area (Å²) >= 11 is 0. The van der Waals surface area contributed by atoms with E-state index in [1.807, 2.05) is 6.92 Å². The summed E-state index contributed by atoms with van der Waals surface area (Å²) in [5.41, 5.74) is 2.67. The van der Waals surface area contributed by atoms with E-state index in [1.165, 1.54) is 5.57 Å². The van der Waals surface area contributed by atoms with Crippen molar-refractivity contribution in [1.29, 1.82) is 0 Å². The van der Waals surface area contributed by atoms with Crippen molar-refractivity contribution in [1.82, 2.24) is 0 Å². The van der Waals surface area contributed by atoms with Crippen LogP contribution in [0.5, 0.6) is 0 Å². The maximum Gasteiger partial charge on any atom is 0.309 e. The molecule has 0 N–H and O–H groups in total. The molecule has 2 atom stereocenters. The zero-order valence-electron chi connectivity index (χ0n) is 13.4. The van der Waals surface area contributed by atoms with Crippen molar-refractivity contribution in [3.8, 4) is 0 Å². The van der Waals surface area contributed by atoms with E-state index in [0.717, 1.165) is 50.6 Å². The molecule has 3 heteroatoms. The Morgan fingerprint density at radius 1 is 1.43 bits per heavy atom. The first-order valence-corrected chi connectivity index (χ1v) is 8.18. The highest BCUT2D eigenvalue weighted by Crippen LogP contribution is 2.61. The van der Waals surface area contributed by atoms with Gasteiger partial charge in [0.2, 0.25) is 0 Å². The van der Waals surface area contributed by atoms with Crippen molar-refractivity contribution in [2.45, 2.75) is 58.8 Å². The monoisotopic (exact) mass is 289 g/mol. The van der Waals surface area contributed by atoms with E-state index >= 15 is 0 Å². The standard InChI is InChI=1S/C18H27NO2/c1-4-7-15(19-3)12-14-8-6-10-18(11-9-14)13-16(18)17(20)21-5-2/h7,12,16H,3-6,8-11,13H2,1-2H3. The second kappa shape index (κ2) is 7.06. The lowest BCUT2D eigenvalue weighted by atomic mass is 9.94. The van der Waals surface area contributed by atoms with Gasteiger partial charge in [0.25, 0.3) is 0 Å². The molecule has 0 aliphatic heterocycles. The van der Waals surface area contributed by atoms with E-state index in [2.05, 4.69) is 30.8 Å². The molecule has 0 bridgehead atoms. The van der Waals surface area contributed by atoms with E-state index in [0.29, 0.717) is 6.61 Å². The van der Waals surface area contributed by atoms with Gasteiger partial charge in [0, 0.05) is 0 Å². The van der Waals surface area contributed by atoms with Gasteiger partial charge in [-0.05, 0) is 70.1 Å². The molecule has 0 aromatic carbocycles. The first-order valence-electron chi connectivity index (χ1n) is 8.18. The minimum Gasteiger partial charge on any atom is -0.466 e. The van der Waals surface area contributed by atoms with Crippen LogP contribution in [0.15, 0.2) is 28.4 Å². The first-order chi connectivity index (χ1) is 10.1. The summed E-state index contributed by atoms with van der Waals surface area (Å²) in [5, 5.41) is 0. The Morgan fingerprint density at radius 3 is 2.90 bits per heavy atom. The van der Waals surface area contributed by atoms with Gasteiger partial charge < -0.3 is 4.74 Å². The summed E-state index contributed by atoms with van der Waals surface area (Å²) in [4.78, 5) is 16.0. The molecular formula is C18H27NO2. The van der Waals surface area contributed by atoms with Gasteiger partial charge >= 0.3 is 5.97 Å². The molecule has 0 saturated heterocycles. The molecule has 2 aliphatic rings. The molecule has 3 nitrogen and oxygen atoms in total. The van der Waals surface area contributed by atoms with Crippen LogP contribution in [0.25, 0.3) is 0 Å². The van der Waals surface area contributed by atoms with Gasteiger partial charge in [0.1, 0.15) is 0 Å². The van der Waals surface area contributed by atoms with Crippen LogP contribution in [-0.4, -0.2) is 19.3 Å². The lowest BCUT2D eigenvalue weighted by molar-refractivity contribution is -0.145. The Morgan fingerprint density at radius 2 is 2.24 bits per heavy atom. The third-order valence-corrected chi connectivity index (χ3v) is 4.83. The lowest BCUT2D eigenvalue weighted by Gasteiger charge is -2.13. The number of hydrogen-bond acceptors (Lipinski definition) is 3. The van der Waals surface area contributed by atoms with Crippen molar-refractivity contribution in [2.75, 3.05) is 6.61 Å². The van der Waals surface area contributed by atoms with Crippen LogP contribution >= 0.6 is 0 Å². The highest BCUT2D eigenvalue weighted by atomic mass is 16.5. The fourth-order valence-electron chi connectivity index (χ4n) is 3.54. The Labute approximate surface area is 128 Å². The second-order valence-corrected chi connectivity index (χ2v) is 6.22. The van der Waals surface area contributed by atoms with Crippen molar-refractivity contribution in [2.24, 2.45) is 16.3 Å². The number of rotatable bonds is 5. The molecule has 0 aromatic heterocycles. The molecule has 2 fully saturated rings. The lowest BCUT2D eigenvalue weighted by Crippen LogP contribution is -2.13. The van der Waals surface area contributed by atoms with Crippen LogP contribution < -0.4 is 0 Å². The molecule has 0 heterocycles. The summed E-state index contributed by atoms with van der Waals surface area (Å²) in [6.07, 6.45) is 11.9. The first kappa shape index (κ1) is 16.0. The summed E-state index contributed by atoms with van der Waals surface area (Å²) in [6.45, 7) is 8.12. The number of allylic oxidation sites excluding steroid dienone is 3. The number of esters is 1. The number of nitrogens with zero attached hydrogens (tertiary/aromatic N) is 1. The summed E-state index contributed by atoms with van der Waals surface area (Å²) in [7, 11) is 0. The topological polar surface area (TPSA) is 38.7 Å². The fourth-order valence-corrected chi connectivity index (χ4v) is 3.54. The molecule has 2 aliphatic carbocycles. The van der Waals surface area contributed by atoms with E-state index in [-0.39, 0.29) is 17.3 Å². The maximum absolute atomic E-state index is 11.9. The molecule has 21 heavy (non-hydrogen) atoms. The summed E-state index contributed by atoms with van der Waals surface area (Å²) < 4.78 is 5.19.